The number of nitrogens with zero attached hydrogens (tertiary/aromatic N) is 1. The van der Waals surface area contributed by atoms with Crippen molar-refractivity contribution in [2.45, 2.75) is 32.9 Å². The Hall–Kier alpha value is -1.53. The van der Waals surface area contributed by atoms with Crippen LogP contribution in [0.3, 0.4) is 0 Å². The maximum atomic E-state index is 12.1. The van der Waals surface area contributed by atoms with Gasteiger partial charge in [-0.15, -0.1) is 0 Å². The standard InChI is InChI=1S/C15H22F2N2O2/c1-2-19(15(20)7-8-21-11-14(16)17)10-13-6-4-3-5-12(13)9-18/h3-6,14H,2,7-11,18H2,1H3. The number of carbonyl (C=O) groups excluding carboxylic acids is 1. The predicted molar refractivity (Wildman–Crippen MR) is 76.9 cm³/mol. The molecule has 0 heterocycles. The molecule has 0 fully saturated rings. The van der Waals surface area contributed by atoms with Crippen LogP contribution in [0.2, 0.25) is 0 Å². The van der Waals surface area contributed by atoms with Crippen molar-refractivity contribution in [2.75, 3.05) is 19.8 Å². The molecule has 0 bridgehead atoms. The fourth-order valence-electron chi connectivity index (χ4n) is 1.98. The second-order valence-electron chi connectivity index (χ2n) is 4.60. The third-order valence-electron chi connectivity index (χ3n) is 3.14. The van der Waals surface area contributed by atoms with E-state index in [1.165, 1.54) is 0 Å². The summed E-state index contributed by atoms with van der Waals surface area (Å²) in [6.07, 6.45) is -2.40. The SMILES string of the molecule is CCN(Cc1ccccc1CN)C(=O)CCOCC(F)F. The van der Waals surface area contributed by atoms with Crippen molar-refractivity contribution < 1.29 is 18.3 Å². The van der Waals surface area contributed by atoms with Gasteiger partial charge in [-0.1, -0.05) is 24.3 Å². The van der Waals surface area contributed by atoms with Crippen molar-refractivity contribution in [2.24, 2.45) is 5.73 Å². The first kappa shape index (κ1) is 17.5. The molecule has 1 amide bonds. The molecule has 6 heteroatoms. The van der Waals surface area contributed by atoms with E-state index >= 15 is 0 Å². The van der Waals surface area contributed by atoms with E-state index in [2.05, 4.69) is 0 Å². The van der Waals surface area contributed by atoms with Crippen LogP contribution in [0.4, 0.5) is 8.78 Å². The van der Waals surface area contributed by atoms with Gasteiger partial charge in [-0.3, -0.25) is 4.79 Å². The van der Waals surface area contributed by atoms with Crippen LogP contribution in [-0.4, -0.2) is 37.0 Å². The van der Waals surface area contributed by atoms with E-state index < -0.39 is 13.0 Å². The van der Waals surface area contributed by atoms with Crippen molar-refractivity contribution in [3.8, 4) is 0 Å². The summed E-state index contributed by atoms with van der Waals surface area (Å²) in [5.41, 5.74) is 7.68. The Morgan fingerprint density at radius 2 is 2.00 bits per heavy atom. The molecule has 0 unspecified atom stereocenters. The van der Waals surface area contributed by atoms with Gasteiger partial charge in [0, 0.05) is 19.6 Å². The average molecular weight is 300 g/mol. The van der Waals surface area contributed by atoms with Gasteiger partial charge in [0.1, 0.15) is 6.61 Å². The molecule has 0 aliphatic heterocycles. The topological polar surface area (TPSA) is 55.6 Å². The molecule has 21 heavy (non-hydrogen) atoms. The molecule has 0 saturated heterocycles. The Balaban J connectivity index is 2.51. The minimum Gasteiger partial charge on any atom is -0.375 e. The number of carbonyl (C=O) groups is 1. The lowest BCUT2D eigenvalue weighted by Gasteiger charge is -2.22. The summed E-state index contributed by atoms with van der Waals surface area (Å²) < 4.78 is 28.6. The number of hydrogen-bond donors (Lipinski definition) is 1. The molecule has 1 rings (SSSR count). The van der Waals surface area contributed by atoms with Crippen molar-refractivity contribution in [1.82, 2.24) is 4.90 Å². The molecule has 0 saturated carbocycles. The van der Waals surface area contributed by atoms with Crippen molar-refractivity contribution in [3.63, 3.8) is 0 Å². The summed E-state index contributed by atoms with van der Waals surface area (Å²) >= 11 is 0. The third-order valence-corrected chi connectivity index (χ3v) is 3.14. The van der Waals surface area contributed by atoms with Gasteiger partial charge in [0.25, 0.3) is 6.43 Å². The molecule has 2 N–H and O–H groups in total. The average Bonchev–Trinajstić information content (AvgIpc) is 2.49. The molecule has 0 radical (unpaired) electrons. The first-order chi connectivity index (χ1) is 10.1. The second kappa shape index (κ2) is 9.41. The fourth-order valence-corrected chi connectivity index (χ4v) is 1.98. The number of ether oxygens (including phenoxy) is 1. The van der Waals surface area contributed by atoms with Crippen molar-refractivity contribution >= 4 is 5.91 Å². The van der Waals surface area contributed by atoms with Crippen LogP contribution in [-0.2, 0) is 22.6 Å². The lowest BCUT2D eigenvalue weighted by molar-refractivity contribution is -0.133. The van der Waals surface area contributed by atoms with Gasteiger partial charge in [-0.2, -0.15) is 0 Å². The van der Waals surface area contributed by atoms with Gasteiger partial charge in [0.05, 0.1) is 13.0 Å². The third kappa shape index (κ3) is 6.18. The normalized spacial score (nSPS) is 10.9. The summed E-state index contributed by atoms with van der Waals surface area (Å²) in [6, 6.07) is 7.67. The van der Waals surface area contributed by atoms with E-state index in [0.717, 1.165) is 11.1 Å². The quantitative estimate of drug-likeness (QED) is 0.711. The Morgan fingerprint density at radius 3 is 2.57 bits per heavy atom. The number of nitrogens with two attached hydrogens (primary N) is 1. The van der Waals surface area contributed by atoms with Crippen LogP contribution >= 0.6 is 0 Å². The lowest BCUT2D eigenvalue weighted by Crippen LogP contribution is -2.31. The number of benzene rings is 1. The van der Waals surface area contributed by atoms with E-state index in [1.807, 2.05) is 31.2 Å². The predicted octanol–water partition coefficient (Wildman–Crippen LogP) is 2.17. The van der Waals surface area contributed by atoms with Crippen LogP contribution in [0.5, 0.6) is 0 Å². The van der Waals surface area contributed by atoms with Crippen LogP contribution in [0.25, 0.3) is 0 Å². The first-order valence-electron chi connectivity index (χ1n) is 6.99. The number of alkyl halides is 2. The maximum absolute atomic E-state index is 12.1. The highest BCUT2D eigenvalue weighted by molar-refractivity contribution is 5.76. The van der Waals surface area contributed by atoms with Crippen molar-refractivity contribution in [3.05, 3.63) is 35.4 Å². The molecule has 0 aliphatic carbocycles. The first-order valence-corrected chi connectivity index (χ1v) is 6.99. The smallest absolute Gasteiger partial charge is 0.261 e. The number of amides is 1. The highest BCUT2D eigenvalue weighted by Gasteiger charge is 2.14. The Morgan fingerprint density at radius 1 is 1.33 bits per heavy atom. The van der Waals surface area contributed by atoms with E-state index in [9.17, 15) is 13.6 Å². The fraction of sp³-hybridized carbons (Fsp3) is 0.533. The highest BCUT2D eigenvalue weighted by Crippen LogP contribution is 2.12. The monoisotopic (exact) mass is 300 g/mol. The zero-order valence-corrected chi connectivity index (χ0v) is 12.2. The zero-order chi connectivity index (χ0) is 15.7. The molecule has 4 nitrogen and oxygen atoms in total. The van der Waals surface area contributed by atoms with E-state index in [0.29, 0.717) is 19.6 Å². The molecule has 118 valence electrons. The highest BCUT2D eigenvalue weighted by atomic mass is 19.3. The summed E-state index contributed by atoms with van der Waals surface area (Å²) in [5.74, 6) is -0.112. The summed E-state index contributed by atoms with van der Waals surface area (Å²) in [5, 5.41) is 0. The molecular formula is C15H22F2N2O2. The maximum Gasteiger partial charge on any atom is 0.261 e. The molecule has 0 aromatic heterocycles. The van der Waals surface area contributed by atoms with Gasteiger partial charge >= 0.3 is 0 Å². The van der Waals surface area contributed by atoms with Crippen molar-refractivity contribution in [1.29, 1.82) is 0 Å². The summed E-state index contributed by atoms with van der Waals surface area (Å²) in [4.78, 5) is 13.7. The Kier molecular flexibility index (Phi) is 7.85. The van der Waals surface area contributed by atoms with Gasteiger partial charge in [-0.05, 0) is 18.1 Å². The zero-order valence-electron chi connectivity index (χ0n) is 12.2. The van der Waals surface area contributed by atoms with Crippen LogP contribution < -0.4 is 5.73 Å². The number of hydrogen-bond acceptors (Lipinski definition) is 3. The van der Waals surface area contributed by atoms with Crippen LogP contribution in [0, 0.1) is 0 Å². The molecule has 1 aromatic rings. The lowest BCUT2D eigenvalue weighted by atomic mass is 10.1. The van der Waals surface area contributed by atoms with E-state index in [-0.39, 0.29) is 18.9 Å². The second-order valence-corrected chi connectivity index (χ2v) is 4.60. The van der Waals surface area contributed by atoms with Gasteiger partial charge < -0.3 is 15.4 Å². The molecule has 0 aliphatic rings. The largest absolute Gasteiger partial charge is 0.375 e. The number of rotatable bonds is 9. The minimum absolute atomic E-state index is 0.0121. The van der Waals surface area contributed by atoms with Crippen LogP contribution in [0.1, 0.15) is 24.5 Å². The molecular weight excluding hydrogens is 278 g/mol. The van der Waals surface area contributed by atoms with Gasteiger partial charge in [-0.25, -0.2) is 8.78 Å². The Labute approximate surface area is 123 Å². The van der Waals surface area contributed by atoms with Gasteiger partial charge in [0.15, 0.2) is 0 Å². The molecule has 1 aromatic carbocycles. The summed E-state index contributed by atoms with van der Waals surface area (Å²) in [7, 11) is 0. The minimum atomic E-state index is -2.50. The van der Waals surface area contributed by atoms with E-state index in [4.69, 9.17) is 10.5 Å². The Bertz CT molecular complexity index is 441. The van der Waals surface area contributed by atoms with E-state index in [1.54, 1.807) is 4.90 Å². The molecule has 0 atom stereocenters. The number of halogens is 2. The van der Waals surface area contributed by atoms with Gasteiger partial charge in [0.2, 0.25) is 5.91 Å². The van der Waals surface area contributed by atoms with Crippen LogP contribution in [0.15, 0.2) is 24.3 Å². The summed E-state index contributed by atoms with van der Waals surface area (Å²) in [6.45, 7) is 2.69. The molecule has 0 spiro atoms.